The van der Waals surface area contributed by atoms with Gasteiger partial charge in [0.25, 0.3) is 0 Å². The molecule has 0 aliphatic carbocycles. The molecule has 1 aliphatic rings. The molecule has 2 heterocycles. The topological polar surface area (TPSA) is 79.2 Å². The predicted octanol–water partition coefficient (Wildman–Crippen LogP) is 2.11. The number of nitrogens with one attached hydrogen (secondary N) is 1. The van der Waals surface area contributed by atoms with E-state index in [1.54, 1.807) is 6.92 Å². The third kappa shape index (κ3) is 3.49. The monoisotopic (exact) mass is 333 g/mol. The molecular formula is C17H23N3O2S. The lowest BCUT2D eigenvalue weighted by Gasteiger charge is -2.21. The van der Waals surface area contributed by atoms with Crippen LogP contribution in [0, 0.1) is 0 Å². The summed E-state index contributed by atoms with van der Waals surface area (Å²) in [6.45, 7) is 3.67. The van der Waals surface area contributed by atoms with Gasteiger partial charge in [-0.25, -0.2) is 13.6 Å². The smallest absolute Gasteiger partial charge is 0.212 e. The van der Waals surface area contributed by atoms with E-state index in [-0.39, 0.29) is 0 Å². The summed E-state index contributed by atoms with van der Waals surface area (Å²) in [5, 5.41) is 5.81. The molecule has 1 aromatic heterocycles. The van der Waals surface area contributed by atoms with Crippen LogP contribution in [-0.4, -0.2) is 43.7 Å². The van der Waals surface area contributed by atoms with Crippen LogP contribution in [0.4, 0.5) is 0 Å². The lowest BCUT2D eigenvalue weighted by Crippen LogP contribution is -2.27. The Labute approximate surface area is 137 Å². The molecule has 0 spiro atoms. The van der Waals surface area contributed by atoms with Crippen molar-refractivity contribution in [2.45, 2.75) is 25.0 Å². The highest BCUT2D eigenvalue weighted by Gasteiger charge is 2.18. The molecule has 0 amide bonds. The van der Waals surface area contributed by atoms with Crippen LogP contribution in [0.5, 0.6) is 0 Å². The number of aromatic nitrogens is 1. The number of hydrogen-bond acceptors (Lipinski definition) is 3. The molecule has 1 atom stereocenters. The summed E-state index contributed by atoms with van der Waals surface area (Å²) in [5.41, 5.74) is 4.64. The molecule has 3 N–H and O–H groups in total. The van der Waals surface area contributed by atoms with Crippen molar-refractivity contribution in [2.75, 3.05) is 20.1 Å². The number of nitrogens with two attached hydrogens (primary N) is 1. The van der Waals surface area contributed by atoms with Crippen LogP contribution in [0.25, 0.3) is 16.5 Å². The van der Waals surface area contributed by atoms with Crippen molar-refractivity contribution in [3.05, 3.63) is 41.6 Å². The maximum atomic E-state index is 11.5. The molecule has 0 saturated carbocycles. The molecule has 3 rings (SSSR count). The van der Waals surface area contributed by atoms with Crippen molar-refractivity contribution in [3.8, 4) is 0 Å². The quantitative estimate of drug-likeness (QED) is 0.899. The van der Waals surface area contributed by atoms with Crippen molar-refractivity contribution in [2.24, 2.45) is 5.14 Å². The zero-order valence-corrected chi connectivity index (χ0v) is 14.4. The largest absolute Gasteiger partial charge is 0.361 e. The van der Waals surface area contributed by atoms with E-state index in [0.29, 0.717) is 6.42 Å². The summed E-state index contributed by atoms with van der Waals surface area (Å²) in [5.74, 6) is 0. The number of H-pyrrole nitrogens is 1. The number of aromatic amines is 1. The molecule has 0 fully saturated rings. The molecule has 5 nitrogen and oxygen atoms in total. The highest BCUT2D eigenvalue weighted by Crippen LogP contribution is 2.30. The average Bonchev–Trinajstić information content (AvgIpc) is 2.90. The highest BCUT2D eigenvalue weighted by molar-refractivity contribution is 7.89. The van der Waals surface area contributed by atoms with Gasteiger partial charge in [0.15, 0.2) is 0 Å². The summed E-state index contributed by atoms with van der Waals surface area (Å²) < 4.78 is 22.9. The fraction of sp³-hybridized carbons (Fsp3) is 0.412. The fourth-order valence-corrected chi connectivity index (χ4v) is 3.45. The number of primary sulfonamides is 1. The van der Waals surface area contributed by atoms with Gasteiger partial charge in [0.2, 0.25) is 10.0 Å². The number of likely N-dealkylation sites (N-methyl/N-ethyl adjacent to an activating group) is 1. The zero-order valence-electron chi connectivity index (χ0n) is 13.5. The summed E-state index contributed by atoms with van der Waals surface area (Å²) in [6, 6.07) is 6.06. The predicted molar refractivity (Wildman–Crippen MR) is 94.7 cm³/mol. The first kappa shape index (κ1) is 16.2. The SMILES string of the molecule is CC(Cc1ccc2[nH]cc(C3=CCN(C)CC3)c2c1)S(N)(=O)=O. The van der Waals surface area contributed by atoms with Gasteiger partial charge >= 0.3 is 0 Å². The van der Waals surface area contributed by atoms with E-state index in [1.807, 2.05) is 12.1 Å². The second kappa shape index (κ2) is 6.11. The van der Waals surface area contributed by atoms with Crippen molar-refractivity contribution in [1.29, 1.82) is 0 Å². The van der Waals surface area contributed by atoms with Gasteiger partial charge in [-0.05, 0) is 50.1 Å². The first-order valence-corrected chi connectivity index (χ1v) is 9.45. The van der Waals surface area contributed by atoms with Crippen LogP contribution in [0.15, 0.2) is 30.5 Å². The Hall–Kier alpha value is -1.63. The molecule has 23 heavy (non-hydrogen) atoms. The number of benzene rings is 1. The molecule has 1 aromatic carbocycles. The van der Waals surface area contributed by atoms with Gasteiger partial charge < -0.3 is 9.88 Å². The fourth-order valence-electron chi connectivity index (χ4n) is 3.02. The second-order valence-electron chi connectivity index (χ2n) is 6.43. The maximum absolute atomic E-state index is 11.5. The van der Waals surface area contributed by atoms with Gasteiger partial charge in [-0.2, -0.15) is 0 Å². The van der Waals surface area contributed by atoms with Gasteiger partial charge in [0, 0.05) is 35.8 Å². The van der Waals surface area contributed by atoms with E-state index in [4.69, 9.17) is 5.14 Å². The lowest BCUT2D eigenvalue weighted by molar-refractivity contribution is 0.370. The summed E-state index contributed by atoms with van der Waals surface area (Å²) >= 11 is 0. The first-order chi connectivity index (χ1) is 10.8. The Bertz CT molecular complexity index is 852. The van der Waals surface area contributed by atoms with Crippen LogP contribution in [0.2, 0.25) is 0 Å². The van der Waals surface area contributed by atoms with Crippen molar-refractivity contribution < 1.29 is 8.42 Å². The zero-order chi connectivity index (χ0) is 16.6. The van der Waals surface area contributed by atoms with Gasteiger partial charge in [-0.15, -0.1) is 0 Å². The Balaban J connectivity index is 1.94. The van der Waals surface area contributed by atoms with Crippen molar-refractivity contribution in [1.82, 2.24) is 9.88 Å². The van der Waals surface area contributed by atoms with E-state index in [2.05, 4.69) is 35.3 Å². The average molecular weight is 333 g/mol. The third-order valence-electron chi connectivity index (χ3n) is 4.59. The Morgan fingerprint density at radius 2 is 2.17 bits per heavy atom. The maximum Gasteiger partial charge on any atom is 0.212 e. The second-order valence-corrected chi connectivity index (χ2v) is 8.41. The van der Waals surface area contributed by atoms with Crippen molar-refractivity contribution in [3.63, 3.8) is 0 Å². The van der Waals surface area contributed by atoms with Gasteiger partial charge in [-0.1, -0.05) is 12.1 Å². The number of sulfonamides is 1. The molecule has 0 bridgehead atoms. The first-order valence-electron chi connectivity index (χ1n) is 7.84. The third-order valence-corrected chi connectivity index (χ3v) is 5.88. The molecule has 0 saturated heterocycles. The number of nitrogens with zero attached hydrogens (tertiary/aromatic N) is 1. The van der Waals surface area contributed by atoms with Crippen LogP contribution in [0.3, 0.4) is 0 Å². The van der Waals surface area contributed by atoms with Crippen molar-refractivity contribution >= 4 is 26.5 Å². The molecule has 1 unspecified atom stereocenters. The standard InChI is InChI=1S/C17H23N3O2S/c1-12(23(18,21)22)9-13-3-4-17-15(10-13)16(11-19-17)14-5-7-20(2)8-6-14/h3-5,10-12,19H,6-9H2,1-2H3,(H2,18,21,22). The Morgan fingerprint density at radius 3 is 2.83 bits per heavy atom. The van der Waals surface area contributed by atoms with Gasteiger partial charge in [-0.3, -0.25) is 0 Å². The van der Waals surface area contributed by atoms with Crippen LogP contribution in [-0.2, 0) is 16.4 Å². The molecule has 1 aliphatic heterocycles. The van der Waals surface area contributed by atoms with Gasteiger partial charge in [0.05, 0.1) is 5.25 Å². The van der Waals surface area contributed by atoms with E-state index >= 15 is 0 Å². The number of hydrogen-bond donors (Lipinski definition) is 2. The summed E-state index contributed by atoms with van der Waals surface area (Å²) in [7, 11) is -1.38. The molecule has 2 aromatic rings. The minimum Gasteiger partial charge on any atom is -0.361 e. The number of rotatable bonds is 4. The summed E-state index contributed by atoms with van der Waals surface area (Å²) in [4.78, 5) is 5.60. The number of fused-ring (bicyclic) bond motifs is 1. The highest BCUT2D eigenvalue weighted by atomic mass is 32.2. The lowest BCUT2D eigenvalue weighted by atomic mass is 9.97. The normalized spacial score (nSPS) is 18.1. The van der Waals surface area contributed by atoms with Crippen LogP contribution >= 0.6 is 0 Å². The van der Waals surface area contributed by atoms with E-state index in [1.165, 1.54) is 11.1 Å². The molecule has 0 radical (unpaired) electrons. The molecule has 124 valence electrons. The Kier molecular flexibility index (Phi) is 4.31. The Morgan fingerprint density at radius 1 is 1.39 bits per heavy atom. The van der Waals surface area contributed by atoms with Crippen LogP contribution < -0.4 is 5.14 Å². The van der Waals surface area contributed by atoms with Crippen LogP contribution in [0.1, 0.15) is 24.5 Å². The minimum absolute atomic E-state index is 0.432. The molecular weight excluding hydrogens is 310 g/mol. The van der Waals surface area contributed by atoms with E-state index in [9.17, 15) is 8.42 Å². The summed E-state index contributed by atoms with van der Waals surface area (Å²) in [6.07, 6.45) is 5.78. The van der Waals surface area contributed by atoms with Gasteiger partial charge in [0.1, 0.15) is 0 Å². The van der Waals surface area contributed by atoms with E-state index < -0.39 is 15.3 Å². The molecule has 6 heteroatoms. The van der Waals surface area contributed by atoms with E-state index in [0.717, 1.165) is 36.0 Å². The minimum atomic E-state index is -3.50.